The second kappa shape index (κ2) is 6.00. The minimum atomic E-state index is -0.774. The quantitative estimate of drug-likeness (QED) is 0.817. The number of aryl methyl sites for hydroxylation is 1. The van der Waals surface area contributed by atoms with Crippen LogP contribution in [0.15, 0.2) is 6.20 Å². The van der Waals surface area contributed by atoms with Crippen LogP contribution < -0.4 is 0 Å². The van der Waals surface area contributed by atoms with Gasteiger partial charge in [0, 0.05) is 6.20 Å². The molecule has 1 N–H and O–H groups in total. The predicted molar refractivity (Wildman–Crippen MR) is 62.6 cm³/mol. The Hall–Kier alpha value is -2.11. The molecule has 0 spiro atoms. The summed E-state index contributed by atoms with van der Waals surface area (Å²) >= 11 is 0. The summed E-state index contributed by atoms with van der Waals surface area (Å²) in [5.74, 6) is -1.86. The van der Waals surface area contributed by atoms with Crippen molar-refractivity contribution in [1.82, 2.24) is 4.98 Å². The molecule has 0 saturated carbocycles. The standard InChI is InChI=1S/C12H15NO5/c1-4-17-11(15)8-6-13-7(3)10(14)9(8)12(16)18-5-2/h6,14H,4-5H2,1-3H3. The zero-order valence-electron chi connectivity index (χ0n) is 10.5. The highest BCUT2D eigenvalue weighted by Gasteiger charge is 2.25. The molecule has 6 heteroatoms. The molecule has 1 aromatic heterocycles. The number of hydrogen-bond acceptors (Lipinski definition) is 6. The fourth-order valence-electron chi connectivity index (χ4n) is 1.37. The Bertz CT molecular complexity index is 470. The largest absolute Gasteiger partial charge is 0.505 e. The molecule has 0 saturated heterocycles. The molecule has 1 rings (SSSR count). The van der Waals surface area contributed by atoms with Gasteiger partial charge in [-0.15, -0.1) is 0 Å². The molecular weight excluding hydrogens is 238 g/mol. The number of esters is 2. The van der Waals surface area contributed by atoms with E-state index in [1.807, 2.05) is 0 Å². The van der Waals surface area contributed by atoms with Crippen molar-refractivity contribution < 1.29 is 24.2 Å². The molecule has 0 amide bonds. The fraction of sp³-hybridized carbons (Fsp3) is 0.417. The molecule has 0 aliphatic carbocycles. The maximum Gasteiger partial charge on any atom is 0.342 e. The molecule has 0 aliphatic rings. The van der Waals surface area contributed by atoms with E-state index < -0.39 is 11.9 Å². The lowest BCUT2D eigenvalue weighted by Gasteiger charge is -2.10. The van der Waals surface area contributed by atoms with Crippen LogP contribution in [0, 0.1) is 6.92 Å². The summed E-state index contributed by atoms with van der Waals surface area (Å²) in [5.41, 5.74) is -0.0627. The Kier molecular flexibility index (Phi) is 4.65. The lowest BCUT2D eigenvalue weighted by molar-refractivity contribution is 0.0475. The van der Waals surface area contributed by atoms with E-state index in [0.717, 1.165) is 0 Å². The van der Waals surface area contributed by atoms with E-state index in [1.54, 1.807) is 13.8 Å². The molecule has 1 heterocycles. The third kappa shape index (κ3) is 2.77. The summed E-state index contributed by atoms with van der Waals surface area (Å²) in [4.78, 5) is 27.2. The number of aromatic hydroxyl groups is 1. The summed E-state index contributed by atoms with van der Waals surface area (Å²) in [6, 6.07) is 0. The second-order valence-corrected chi connectivity index (χ2v) is 3.42. The molecule has 98 valence electrons. The number of aromatic nitrogens is 1. The fourth-order valence-corrected chi connectivity index (χ4v) is 1.37. The number of hydrogen-bond donors (Lipinski definition) is 1. The number of carbonyl (C=O) groups excluding carboxylic acids is 2. The number of nitrogens with zero attached hydrogens (tertiary/aromatic N) is 1. The van der Waals surface area contributed by atoms with Gasteiger partial charge in [0.25, 0.3) is 0 Å². The highest BCUT2D eigenvalue weighted by atomic mass is 16.5. The summed E-state index contributed by atoms with van der Waals surface area (Å²) in [6.45, 7) is 5.10. The highest BCUT2D eigenvalue weighted by Crippen LogP contribution is 2.25. The van der Waals surface area contributed by atoms with Crippen molar-refractivity contribution in [1.29, 1.82) is 0 Å². The van der Waals surface area contributed by atoms with Gasteiger partial charge in [0.1, 0.15) is 5.56 Å². The van der Waals surface area contributed by atoms with E-state index >= 15 is 0 Å². The van der Waals surface area contributed by atoms with Gasteiger partial charge in [-0.3, -0.25) is 4.98 Å². The zero-order valence-corrected chi connectivity index (χ0v) is 10.5. The molecule has 0 aliphatic heterocycles. The Balaban J connectivity index is 3.29. The van der Waals surface area contributed by atoms with Crippen LogP contribution in [0.2, 0.25) is 0 Å². The third-order valence-corrected chi connectivity index (χ3v) is 2.21. The third-order valence-electron chi connectivity index (χ3n) is 2.21. The highest BCUT2D eigenvalue weighted by molar-refractivity contribution is 6.05. The lowest BCUT2D eigenvalue weighted by Crippen LogP contribution is -2.15. The Morgan fingerprint density at radius 2 is 1.78 bits per heavy atom. The van der Waals surface area contributed by atoms with Crippen molar-refractivity contribution in [2.45, 2.75) is 20.8 Å². The maximum absolute atomic E-state index is 11.7. The number of ether oxygens (including phenoxy) is 2. The Labute approximate surface area is 105 Å². The second-order valence-electron chi connectivity index (χ2n) is 3.42. The molecule has 18 heavy (non-hydrogen) atoms. The minimum absolute atomic E-state index is 0.0987. The Morgan fingerprint density at radius 3 is 2.33 bits per heavy atom. The van der Waals surface area contributed by atoms with Crippen LogP contribution in [0.4, 0.5) is 0 Å². The smallest absolute Gasteiger partial charge is 0.342 e. The summed E-state index contributed by atoms with van der Waals surface area (Å²) in [6.07, 6.45) is 1.19. The van der Waals surface area contributed by atoms with E-state index in [9.17, 15) is 14.7 Å². The summed E-state index contributed by atoms with van der Waals surface area (Å²) in [7, 11) is 0. The minimum Gasteiger partial charge on any atom is -0.505 e. The van der Waals surface area contributed by atoms with Gasteiger partial charge in [-0.25, -0.2) is 9.59 Å². The molecule has 0 atom stereocenters. The van der Waals surface area contributed by atoms with Crippen molar-refractivity contribution in [3.63, 3.8) is 0 Å². The average molecular weight is 253 g/mol. The first-order valence-corrected chi connectivity index (χ1v) is 5.55. The number of carbonyl (C=O) groups is 2. The lowest BCUT2D eigenvalue weighted by atomic mass is 10.1. The van der Waals surface area contributed by atoms with Crippen LogP contribution in [0.5, 0.6) is 5.75 Å². The van der Waals surface area contributed by atoms with Crippen LogP contribution in [0.1, 0.15) is 40.3 Å². The van der Waals surface area contributed by atoms with Gasteiger partial charge in [-0.2, -0.15) is 0 Å². The van der Waals surface area contributed by atoms with Crippen LogP contribution in [0.25, 0.3) is 0 Å². The molecule has 6 nitrogen and oxygen atoms in total. The van der Waals surface area contributed by atoms with Crippen molar-refractivity contribution in [2.24, 2.45) is 0 Å². The van der Waals surface area contributed by atoms with Gasteiger partial charge in [-0.05, 0) is 20.8 Å². The van der Waals surface area contributed by atoms with Gasteiger partial charge in [0.15, 0.2) is 5.75 Å². The van der Waals surface area contributed by atoms with Crippen LogP contribution >= 0.6 is 0 Å². The van der Waals surface area contributed by atoms with Crippen LogP contribution in [0.3, 0.4) is 0 Å². The topological polar surface area (TPSA) is 85.7 Å². The molecule has 0 fully saturated rings. The van der Waals surface area contributed by atoms with Gasteiger partial charge in [0.05, 0.1) is 24.5 Å². The SMILES string of the molecule is CCOC(=O)c1cnc(C)c(O)c1C(=O)OCC. The number of rotatable bonds is 4. The van der Waals surface area contributed by atoms with Gasteiger partial charge in [0.2, 0.25) is 0 Å². The van der Waals surface area contributed by atoms with Crippen molar-refractivity contribution in [2.75, 3.05) is 13.2 Å². The van der Waals surface area contributed by atoms with E-state index in [-0.39, 0.29) is 35.8 Å². The van der Waals surface area contributed by atoms with Crippen LogP contribution in [-0.2, 0) is 9.47 Å². The molecule has 0 radical (unpaired) electrons. The first-order chi connectivity index (χ1) is 8.52. The van der Waals surface area contributed by atoms with Crippen LogP contribution in [-0.4, -0.2) is 35.2 Å². The van der Waals surface area contributed by atoms with Gasteiger partial charge < -0.3 is 14.6 Å². The molecule has 0 aromatic carbocycles. The molecular formula is C12H15NO5. The molecule has 0 unspecified atom stereocenters. The van der Waals surface area contributed by atoms with E-state index in [1.165, 1.54) is 13.1 Å². The summed E-state index contributed by atoms with van der Waals surface area (Å²) < 4.78 is 9.59. The Morgan fingerprint density at radius 1 is 1.22 bits per heavy atom. The first kappa shape index (κ1) is 14.0. The molecule has 0 bridgehead atoms. The van der Waals surface area contributed by atoms with Gasteiger partial charge in [-0.1, -0.05) is 0 Å². The van der Waals surface area contributed by atoms with E-state index in [4.69, 9.17) is 9.47 Å². The number of pyridine rings is 1. The van der Waals surface area contributed by atoms with Crippen molar-refractivity contribution in [3.05, 3.63) is 23.0 Å². The van der Waals surface area contributed by atoms with E-state index in [2.05, 4.69) is 4.98 Å². The molecule has 1 aromatic rings. The predicted octanol–water partition coefficient (Wildman–Crippen LogP) is 1.45. The monoisotopic (exact) mass is 253 g/mol. The summed E-state index contributed by atoms with van der Waals surface area (Å²) in [5, 5.41) is 9.82. The van der Waals surface area contributed by atoms with Gasteiger partial charge >= 0.3 is 11.9 Å². The van der Waals surface area contributed by atoms with E-state index in [0.29, 0.717) is 0 Å². The average Bonchev–Trinajstić information content (AvgIpc) is 2.32. The van der Waals surface area contributed by atoms with Crippen molar-refractivity contribution >= 4 is 11.9 Å². The maximum atomic E-state index is 11.7. The van der Waals surface area contributed by atoms with Crippen molar-refractivity contribution in [3.8, 4) is 5.75 Å². The first-order valence-electron chi connectivity index (χ1n) is 5.55. The normalized spacial score (nSPS) is 9.94. The zero-order chi connectivity index (χ0) is 13.7.